The van der Waals surface area contributed by atoms with E-state index in [2.05, 4.69) is 18.4 Å². The molecule has 0 radical (unpaired) electrons. The van der Waals surface area contributed by atoms with Crippen molar-refractivity contribution < 1.29 is 27.4 Å². The second-order valence-corrected chi connectivity index (χ2v) is 8.66. The Morgan fingerprint density at radius 3 is 2.44 bits per heavy atom. The van der Waals surface area contributed by atoms with Gasteiger partial charge in [-0.15, -0.1) is 6.58 Å². The fourth-order valence-corrected chi connectivity index (χ4v) is 4.30. The van der Waals surface area contributed by atoms with Crippen molar-refractivity contribution >= 4 is 0 Å². The van der Waals surface area contributed by atoms with Crippen LogP contribution in [0.4, 0.5) is 17.6 Å². The van der Waals surface area contributed by atoms with Gasteiger partial charge in [-0.05, 0) is 62.1 Å². The maximum atomic E-state index is 14.6. The highest BCUT2D eigenvalue weighted by Crippen LogP contribution is 2.38. The molecule has 0 heterocycles. The lowest BCUT2D eigenvalue weighted by molar-refractivity contribution is 0.160. The SMILES string of the molecule is C=CCCOc1ccc(C2CCC(C#Cc3ccc(C(O)CCC)c(F)c3F)CC2)c(F)c1F. The molecule has 34 heavy (non-hydrogen) atoms. The van der Waals surface area contributed by atoms with Gasteiger partial charge in [-0.25, -0.2) is 13.2 Å². The Morgan fingerprint density at radius 2 is 1.76 bits per heavy atom. The van der Waals surface area contributed by atoms with Crippen LogP contribution < -0.4 is 4.74 Å². The molecule has 1 fully saturated rings. The van der Waals surface area contributed by atoms with Crippen LogP contribution in [0.15, 0.2) is 36.9 Å². The Labute approximate surface area is 198 Å². The molecule has 2 aromatic rings. The van der Waals surface area contributed by atoms with Crippen molar-refractivity contribution in [1.29, 1.82) is 0 Å². The summed E-state index contributed by atoms with van der Waals surface area (Å²) in [5, 5.41) is 9.97. The third-order valence-corrected chi connectivity index (χ3v) is 6.27. The first-order valence-corrected chi connectivity index (χ1v) is 11.8. The van der Waals surface area contributed by atoms with E-state index >= 15 is 0 Å². The summed E-state index contributed by atoms with van der Waals surface area (Å²) in [5.41, 5.74) is 0.221. The number of aliphatic hydroxyl groups is 1. The molecule has 1 aliphatic carbocycles. The van der Waals surface area contributed by atoms with E-state index in [4.69, 9.17) is 4.74 Å². The highest BCUT2D eigenvalue weighted by molar-refractivity contribution is 5.40. The number of hydrogen-bond acceptors (Lipinski definition) is 2. The Morgan fingerprint density at radius 1 is 1.03 bits per heavy atom. The van der Waals surface area contributed by atoms with Crippen molar-refractivity contribution in [3.8, 4) is 17.6 Å². The summed E-state index contributed by atoms with van der Waals surface area (Å²) >= 11 is 0. The highest BCUT2D eigenvalue weighted by atomic mass is 19.2. The summed E-state index contributed by atoms with van der Waals surface area (Å²) in [4.78, 5) is 0. The van der Waals surface area contributed by atoms with Gasteiger partial charge in [0.25, 0.3) is 0 Å². The topological polar surface area (TPSA) is 29.5 Å². The molecule has 0 aliphatic heterocycles. The van der Waals surface area contributed by atoms with Crippen molar-refractivity contribution in [2.75, 3.05) is 6.61 Å². The van der Waals surface area contributed by atoms with Crippen molar-refractivity contribution in [1.82, 2.24) is 0 Å². The summed E-state index contributed by atoms with van der Waals surface area (Å²) in [7, 11) is 0. The van der Waals surface area contributed by atoms with Crippen molar-refractivity contribution in [2.45, 2.75) is 63.9 Å². The van der Waals surface area contributed by atoms with Gasteiger partial charge < -0.3 is 9.84 Å². The van der Waals surface area contributed by atoms with Gasteiger partial charge in [0.15, 0.2) is 23.2 Å². The van der Waals surface area contributed by atoms with Crippen LogP contribution in [-0.4, -0.2) is 11.7 Å². The molecule has 182 valence electrons. The van der Waals surface area contributed by atoms with Crippen LogP contribution in [0.1, 0.15) is 80.6 Å². The monoisotopic (exact) mass is 474 g/mol. The molecule has 0 saturated heterocycles. The molecule has 3 rings (SSSR count). The maximum absolute atomic E-state index is 14.6. The van der Waals surface area contributed by atoms with Crippen LogP contribution in [0.5, 0.6) is 5.75 Å². The van der Waals surface area contributed by atoms with E-state index < -0.39 is 29.4 Å². The van der Waals surface area contributed by atoms with Gasteiger partial charge in [0.2, 0.25) is 5.82 Å². The number of rotatable bonds is 8. The zero-order valence-electron chi connectivity index (χ0n) is 19.4. The minimum Gasteiger partial charge on any atom is -0.490 e. The number of benzene rings is 2. The molecular weight excluding hydrogens is 444 g/mol. The molecule has 1 saturated carbocycles. The van der Waals surface area contributed by atoms with E-state index in [0.717, 1.165) is 0 Å². The highest BCUT2D eigenvalue weighted by Gasteiger charge is 2.26. The fourth-order valence-electron chi connectivity index (χ4n) is 4.30. The molecule has 6 heteroatoms. The van der Waals surface area contributed by atoms with Crippen molar-refractivity contribution in [3.63, 3.8) is 0 Å². The predicted molar refractivity (Wildman–Crippen MR) is 124 cm³/mol. The molecule has 0 aromatic heterocycles. The second kappa shape index (κ2) is 12.1. The molecule has 1 aliphatic rings. The van der Waals surface area contributed by atoms with Crippen LogP contribution in [-0.2, 0) is 0 Å². The molecule has 2 aromatic carbocycles. The molecule has 2 nitrogen and oxygen atoms in total. The minimum atomic E-state index is -1.06. The maximum Gasteiger partial charge on any atom is 0.200 e. The molecule has 1 atom stereocenters. The average Bonchev–Trinajstić information content (AvgIpc) is 2.83. The summed E-state index contributed by atoms with van der Waals surface area (Å²) in [6.45, 7) is 5.65. The van der Waals surface area contributed by atoms with E-state index in [-0.39, 0.29) is 35.3 Å². The van der Waals surface area contributed by atoms with Gasteiger partial charge in [-0.1, -0.05) is 43.4 Å². The first-order chi connectivity index (χ1) is 16.4. The fraction of sp³-hybridized carbons (Fsp3) is 0.429. The first-order valence-electron chi connectivity index (χ1n) is 11.8. The van der Waals surface area contributed by atoms with E-state index in [0.29, 0.717) is 50.5 Å². The molecule has 0 bridgehead atoms. The molecule has 1 unspecified atom stereocenters. The van der Waals surface area contributed by atoms with E-state index in [1.807, 2.05) is 6.92 Å². The number of ether oxygens (including phenoxy) is 1. The van der Waals surface area contributed by atoms with Gasteiger partial charge in [0.05, 0.1) is 18.3 Å². The van der Waals surface area contributed by atoms with Gasteiger partial charge in [0.1, 0.15) is 0 Å². The summed E-state index contributed by atoms with van der Waals surface area (Å²) in [6, 6.07) is 5.80. The van der Waals surface area contributed by atoms with Gasteiger partial charge >= 0.3 is 0 Å². The third kappa shape index (κ3) is 6.01. The zero-order valence-corrected chi connectivity index (χ0v) is 19.4. The van der Waals surface area contributed by atoms with Crippen LogP contribution in [0.3, 0.4) is 0 Å². The van der Waals surface area contributed by atoms with Crippen LogP contribution in [0.2, 0.25) is 0 Å². The first kappa shape index (κ1) is 25.8. The lowest BCUT2D eigenvalue weighted by Crippen LogP contribution is -2.14. The summed E-state index contributed by atoms with van der Waals surface area (Å²) in [5.74, 6) is 1.46. The summed E-state index contributed by atoms with van der Waals surface area (Å²) < 4.78 is 63.1. The van der Waals surface area contributed by atoms with Gasteiger partial charge in [0, 0.05) is 11.5 Å². The number of halogens is 4. The van der Waals surface area contributed by atoms with Crippen LogP contribution >= 0.6 is 0 Å². The quantitative estimate of drug-likeness (QED) is 0.188. The number of hydrogen-bond donors (Lipinski definition) is 1. The van der Waals surface area contributed by atoms with E-state index in [1.165, 1.54) is 18.2 Å². The normalized spacial score (nSPS) is 18.6. The Kier molecular flexibility index (Phi) is 9.18. The lowest BCUT2D eigenvalue weighted by atomic mass is 9.78. The van der Waals surface area contributed by atoms with E-state index in [1.54, 1.807) is 12.1 Å². The predicted octanol–water partition coefficient (Wildman–Crippen LogP) is 7.36. The summed E-state index contributed by atoms with van der Waals surface area (Å²) in [6.07, 6.45) is 4.65. The molecule has 1 N–H and O–H groups in total. The Balaban J connectivity index is 1.64. The molecule has 0 spiro atoms. The Bertz CT molecular complexity index is 1060. The minimum absolute atomic E-state index is 0.0431. The van der Waals surface area contributed by atoms with Crippen LogP contribution in [0.25, 0.3) is 0 Å². The zero-order chi connectivity index (χ0) is 24.7. The largest absolute Gasteiger partial charge is 0.490 e. The van der Waals surface area contributed by atoms with E-state index in [9.17, 15) is 22.7 Å². The average molecular weight is 475 g/mol. The van der Waals surface area contributed by atoms with Crippen LogP contribution in [0, 0.1) is 41.0 Å². The van der Waals surface area contributed by atoms with Gasteiger partial charge in [-0.2, -0.15) is 4.39 Å². The standard InChI is InChI=1S/C28H30F4O2/c1-3-5-17-34-24-16-15-21(26(30)28(24)32)19-10-7-18(8-11-19)9-12-20-13-14-22(23(33)6-4-2)27(31)25(20)29/h3,13-16,18-19,23,33H,1,4-8,10-11,17H2,2H3. The van der Waals surface area contributed by atoms with Crippen molar-refractivity contribution in [3.05, 3.63) is 76.9 Å². The van der Waals surface area contributed by atoms with Crippen molar-refractivity contribution in [2.24, 2.45) is 5.92 Å². The lowest BCUT2D eigenvalue weighted by Gasteiger charge is -2.26. The third-order valence-electron chi connectivity index (χ3n) is 6.27. The number of aliphatic hydroxyl groups excluding tert-OH is 1. The molecular formula is C28H30F4O2. The van der Waals surface area contributed by atoms with Gasteiger partial charge in [-0.3, -0.25) is 0 Å². The second-order valence-electron chi connectivity index (χ2n) is 8.66. The Hall–Kier alpha value is -2.78. The molecule has 0 amide bonds. The smallest absolute Gasteiger partial charge is 0.200 e.